The van der Waals surface area contributed by atoms with Gasteiger partial charge in [-0.15, -0.1) is 23.1 Å². The second-order valence-electron chi connectivity index (χ2n) is 10.8. The number of amides is 2. The van der Waals surface area contributed by atoms with Gasteiger partial charge in [-0.2, -0.15) is 5.10 Å². The van der Waals surface area contributed by atoms with Crippen molar-refractivity contribution in [2.75, 3.05) is 22.5 Å². The lowest BCUT2D eigenvalue weighted by Gasteiger charge is -2.24. The highest BCUT2D eigenvalue weighted by molar-refractivity contribution is 8.00. The Kier molecular flexibility index (Phi) is 7.39. The molecule has 9 heteroatoms. The van der Waals surface area contributed by atoms with Crippen LogP contribution in [0, 0.1) is 19.7 Å². The number of fused-ring (bicyclic) bond motifs is 1. The summed E-state index contributed by atoms with van der Waals surface area (Å²) >= 11 is 3.22. The quantitative estimate of drug-likeness (QED) is 0.291. The molecule has 0 fully saturated rings. The van der Waals surface area contributed by atoms with Crippen molar-refractivity contribution in [1.29, 1.82) is 0 Å². The van der Waals surface area contributed by atoms with E-state index >= 15 is 0 Å². The SMILES string of the molecule is Cc1ccc(-n2nc(C(C)(C)C)c3c2N(CC(=O)Nc2ccc(F)cc2)C(=O)CSC3c2cccs2)c(C)c1. The molecule has 1 aliphatic heterocycles. The van der Waals surface area contributed by atoms with Crippen LogP contribution in [-0.2, 0) is 15.0 Å². The van der Waals surface area contributed by atoms with E-state index < -0.39 is 0 Å². The van der Waals surface area contributed by atoms with Crippen LogP contribution >= 0.6 is 23.1 Å². The Balaban J connectivity index is 1.69. The fraction of sp³-hybridized carbons (Fsp3) is 0.300. The molecule has 0 aliphatic carbocycles. The number of aromatic nitrogens is 2. The van der Waals surface area contributed by atoms with Gasteiger partial charge in [-0.3, -0.25) is 14.5 Å². The maximum absolute atomic E-state index is 13.7. The summed E-state index contributed by atoms with van der Waals surface area (Å²) in [6.45, 7) is 10.2. The largest absolute Gasteiger partial charge is 0.325 e. The molecule has 0 saturated heterocycles. The van der Waals surface area contributed by atoms with E-state index in [1.54, 1.807) is 28.0 Å². The van der Waals surface area contributed by atoms with Gasteiger partial charge in [0.2, 0.25) is 11.8 Å². The molecule has 202 valence electrons. The lowest BCUT2D eigenvalue weighted by Crippen LogP contribution is -2.40. The average molecular weight is 563 g/mol. The lowest BCUT2D eigenvalue weighted by atomic mass is 9.88. The Bertz CT molecular complexity index is 1520. The van der Waals surface area contributed by atoms with Crippen molar-refractivity contribution in [3.05, 3.63) is 93.1 Å². The summed E-state index contributed by atoms with van der Waals surface area (Å²) < 4.78 is 15.2. The second kappa shape index (κ2) is 10.6. The minimum absolute atomic E-state index is 0.108. The summed E-state index contributed by atoms with van der Waals surface area (Å²) in [5.41, 5.74) is 5.00. The number of aryl methyl sites for hydroxylation is 2. The van der Waals surface area contributed by atoms with E-state index in [4.69, 9.17) is 5.10 Å². The van der Waals surface area contributed by atoms with E-state index in [1.807, 2.05) is 42.1 Å². The van der Waals surface area contributed by atoms with Gasteiger partial charge in [0.05, 0.1) is 22.4 Å². The number of benzene rings is 2. The molecular weight excluding hydrogens is 531 g/mol. The van der Waals surface area contributed by atoms with Crippen molar-refractivity contribution in [3.63, 3.8) is 0 Å². The van der Waals surface area contributed by atoms with Gasteiger partial charge < -0.3 is 5.32 Å². The summed E-state index contributed by atoms with van der Waals surface area (Å²) in [5.74, 6) is -0.0805. The molecule has 2 aromatic carbocycles. The van der Waals surface area contributed by atoms with Crippen LogP contribution in [0.25, 0.3) is 5.69 Å². The van der Waals surface area contributed by atoms with Crippen LogP contribution in [0.15, 0.2) is 60.0 Å². The third-order valence-corrected chi connectivity index (χ3v) is 8.93. The molecule has 39 heavy (non-hydrogen) atoms. The predicted octanol–water partition coefficient (Wildman–Crippen LogP) is 6.80. The highest BCUT2D eigenvalue weighted by Gasteiger charge is 2.40. The van der Waals surface area contributed by atoms with Crippen molar-refractivity contribution in [3.8, 4) is 5.69 Å². The molecule has 5 rings (SSSR count). The number of halogens is 1. The maximum Gasteiger partial charge on any atom is 0.244 e. The van der Waals surface area contributed by atoms with Crippen molar-refractivity contribution < 1.29 is 14.0 Å². The minimum atomic E-state index is -0.385. The first-order valence-corrected chi connectivity index (χ1v) is 14.7. The van der Waals surface area contributed by atoms with Crippen molar-refractivity contribution in [2.45, 2.75) is 45.3 Å². The summed E-state index contributed by atoms with van der Waals surface area (Å²) in [6.07, 6.45) is 0. The standard InChI is InChI=1S/C30H31FN4O2S2/c1-18-8-13-22(19(2)15-18)35-29-26(28(33-35)30(3,4)5)27(23-7-6-14-38-23)39-17-25(37)34(29)16-24(36)32-21-11-9-20(31)10-12-21/h6-15,27H,16-17H2,1-5H3,(H,32,36). The predicted molar refractivity (Wildman–Crippen MR) is 158 cm³/mol. The summed E-state index contributed by atoms with van der Waals surface area (Å²) in [5, 5.41) is 9.89. The fourth-order valence-corrected chi connectivity index (χ4v) is 7.00. The molecule has 0 saturated carbocycles. The molecule has 0 spiro atoms. The third kappa shape index (κ3) is 5.51. The van der Waals surface area contributed by atoms with Gasteiger partial charge in [-0.05, 0) is 61.2 Å². The van der Waals surface area contributed by atoms with Crippen LogP contribution in [0.4, 0.5) is 15.9 Å². The molecule has 4 aromatic rings. The van der Waals surface area contributed by atoms with Crippen molar-refractivity contribution >= 4 is 46.4 Å². The van der Waals surface area contributed by atoms with Gasteiger partial charge in [0.25, 0.3) is 0 Å². The van der Waals surface area contributed by atoms with Gasteiger partial charge in [0.1, 0.15) is 18.2 Å². The number of carbonyl (C=O) groups is 2. The van der Waals surface area contributed by atoms with E-state index in [9.17, 15) is 14.0 Å². The van der Waals surface area contributed by atoms with Crippen LogP contribution in [0.3, 0.4) is 0 Å². The molecule has 2 aromatic heterocycles. The van der Waals surface area contributed by atoms with Crippen LogP contribution < -0.4 is 10.2 Å². The zero-order valence-corrected chi connectivity index (χ0v) is 24.3. The van der Waals surface area contributed by atoms with E-state index in [0.29, 0.717) is 11.5 Å². The third-order valence-electron chi connectivity index (χ3n) is 6.61. The van der Waals surface area contributed by atoms with Gasteiger partial charge in [0, 0.05) is 21.5 Å². The van der Waals surface area contributed by atoms with Gasteiger partial charge in [0.15, 0.2) is 0 Å². The molecule has 0 bridgehead atoms. The average Bonchev–Trinajstić information content (AvgIpc) is 3.51. The van der Waals surface area contributed by atoms with Crippen molar-refractivity contribution in [1.82, 2.24) is 9.78 Å². The summed E-state index contributed by atoms with van der Waals surface area (Å²) in [7, 11) is 0. The number of thioether (sulfide) groups is 1. The van der Waals surface area contributed by atoms with Crippen LogP contribution in [0.2, 0.25) is 0 Å². The van der Waals surface area contributed by atoms with Crippen LogP contribution in [-0.4, -0.2) is 33.9 Å². The van der Waals surface area contributed by atoms with Crippen LogP contribution in [0.5, 0.6) is 0 Å². The molecule has 0 radical (unpaired) electrons. The monoisotopic (exact) mass is 562 g/mol. The number of nitrogens with one attached hydrogen (secondary N) is 1. The Hall–Kier alpha value is -3.43. The van der Waals surface area contributed by atoms with E-state index in [-0.39, 0.29) is 40.6 Å². The van der Waals surface area contributed by atoms with Gasteiger partial charge in [-0.1, -0.05) is 44.5 Å². The number of rotatable bonds is 5. The Labute approximate surface area is 236 Å². The number of thiophene rings is 1. The molecule has 1 atom stereocenters. The number of hydrogen-bond acceptors (Lipinski definition) is 5. The fourth-order valence-electron chi connectivity index (χ4n) is 4.83. The first-order chi connectivity index (χ1) is 18.5. The molecule has 3 heterocycles. The normalized spacial score (nSPS) is 15.7. The number of hydrogen-bond donors (Lipinski definition) is 1. The highest BCUT2D eigenvalue weighted by Crippen LogP contribution is 2.49. The summed E-state index contributed by atoms with van der Waals surface area (Å²) in [4.78, 5) is 29.7. The molecule has 1 unspecified atom stereocenters. The van der Waals surface area contributed by atoms with Crippen molar-refractivity contribution in [2.24, 2.45) is 0 Å². The number of nitrogens with zero attached hydrogens (tertiary/aromatic N) is 3. The highest BCUT2D eigenvalue weighted by atomic mass is 32.2. The molecule has 1 N–H and O–H groups in total. The number of carbonyl (C=O) groups excluding carboxylic acids is 2. The first-order valence-electron chi connectivity index (χ1n) is 12.7. The first kappa shape index (κ1) is 27.1. The van der Waals surface area contributed by atoms with Gasteiger partial charge in [-0.25, -0.2) is 9.07 Å². The molecule has 1 aliphatic rings. The van der Waals surface area contributed by atoms with E-state index in [0.717, 1.165) is 32.9 Å². The topological polar surface area (TPSA) is 67.2 Å². The molecule has 6 nitrogen and oxygen atoms in total. The van der Waals surface area contributed by atoms with E-state index in [2.05, 4.69) is 38.2 Å². The zero-order valence-electron chi connectivity index (χ0n) is 22.6. The van der Waals surface area contributed by atoms with Crippen LogP contribution in [0.1, 0.15) is 53.3 Å². The minimum Gasteiger partial charge on any atom is -0.325 e. The number of anilines is 2. The zero-order chi connectivity index (χ0) is 27.9. The lowest BCUT2D eigenvalue weighted by molar-refractivity contribution is -0.120. The molecular formula is C30H31FN4O2S2. The Morgan fingerprint density at radius 1 is 1.13 bits per heavy atom. The second-order valence-corrected chi connectivity index (χ2v) is 12.9. The smallest absolute Gasteiger partial charge is 0.244 e. The van der Waals surface area contributed by atoms with Gasteiger partial charge >= 0.3 is 0 Å². The molecule has 2 amide bonds. The Morgan fingerprint density at radius 2 is 1.87 bits per heavy atom. The summed E-state index contributed by atoms with van der Waals surface area (Å²) in [6, 6.07) is 15.8. The Morgan fingerprint density at radius 3 is 2.51 bits per heavy atom. The van der Waals surface area contributed by atoms with E-state index in [1.165, 1.54) is 24.3 Å². The maximum atomic E-state index is 13.7.